The van der Waals surface area contributed by atoms with Gasteiger partial charge in [0.15, 0.2) is 0 Å². The Bertz CT molecular complexity index is 709. The topological polar surface area (TPSA) is 78.6 Å². The highest BCUT2D eigenvalue weighted by atomic mass is 16.4. The maximum absolute atomic E-state index is 11.1. The number of aromatic carboxylic acids is 1. The minimum atomic E-state index is -0.930. The Morgan fingerprint density at radius 1 is 1.17 bits per heavy atom. The van der Waals surface area contributed by atoms with E-state index in [0.717, 1.165) is 42.9 Å². The molecule has 0 saturated carbocycles. The molecule has 1 heterocycles. The molecule has 0 aromatic heterocycles. The second-order valence-electron chi connectivity index (χ2n) is 5.67. The van der Waals surface area contributed by atoms with Gasteiger partial charge in [0.1, 0.15) is 0 Å². The van der Waals surface area contributed by atoms with Crippen molar-refractivity contribution in [3.8, 4) is 11.1 Å². The van der Waals surface area contributed by atoms with Crippen LogP contribution < -0.4 is 16.0 Å². The van der Waals surface area contributed by atoms with Gasteiger partial charge >= 0.3 is 5.97 Å². The van der Waals surface area contributed by atoms with Gasteiger partial charge in [0, 0.05) is 38.4 Å². The molecule has 1 aliphatic heterocycles. The zero-order chi connectivity index (χ0) is 16.2. The first-order valence-electron chi connectivity index (χ1n) is 7.81. The van der Waals surface area contributed by atoms with E-state index in [0.29, 0.717) is 6.54 Å². The minimum absolute atomic E-state index is 0.271. The van der Waals surface area contributed by atoms with Crippen molar-refractivity contribution in [3.05, 3.63) is 53.6 Å². The lowest BCUT2D eigenvalue weighted by Gasteiger charge is -2.29. The summed E-state index contributed by atoms with van der Waals surface area (Å²) < 4.78 is 0. The molecule has 0 aliphatic carbocycles. The molecular weight excluding hydrogens is 290 g/mol. The molecule has 5 nitrogen and oxygen atoms in total. The molecule has 2 aromatic rings. The number of nitrogens with one attached hydrogen (secondary N) is 1. The summed E-state index contributed by atoms with van der Waals surface area (Å²) in [4.78, 5) is 13.5. The summed E-state index contributed by atoms with van der Waals surface area (Å²) in [7, 11) is 0. The first-order valence-corrected chi connectivity index (χ1v) is 7.81. The maximum atomic E-state index is 11.1. The number of carbonyl (C=O) groups is 1. The van der Waals surface area contributed by atoms with Crippen LogP contribution in [0.25, 0.3) is 11.1 Å². The molecule has 0 spiro atoms. The monoisotopic (exact) mass is 311 g/mol. The SMILES string of the molecule is NCc1cc(C(=O)O)ccc1-c1cccc(N2CCNCC2)c1. The third kappa shape index (κ3) is 3.36. The van der Waals surface area contributed by atoms with Gasteiger partial charge < -0.3 is 21.1 Å². The molecule has 0 radical (unpaired) electrons. The van der Waals surface area contributed by atoms with Gasteiger partial charge in [-0.3, -0.25) is 0 Å². The molecule has 3 rings (SSSR count). The van der Waals surface area contributed by atoms with Gasteiger partial charge in [-0.25, -0.2) is 4.79 Å². The Kier molecular flexibility index (Phi) is 4.60. The summed E-state index contributed by atoms with van der Waals surface area (Å²) in [6.45, 7) is 4.28. The van der Waals surface area contributed by atoms with Crippen LogP contribution >= 0.6 is 0 Å². The van der Waals surface area contributed by atoms with Crippen molar-refractivity contribution in [2.75, 3.05) is 31.1 Å². The molecule has 120 valence electrons. The number of rotatable bonds is 4. The average Bonchev–Trinajstić information content (AvgIpc) is 2.62. The van der Waals surface area contributed by atoms with Crippen molar-refractivity contribution >= 4 is 11.7 Å². The van der Waals surface area contributed by atoms with Crippen LogP contribution in [-0.2, 0) is 6.54 Å². The van der Waals surface area contributed by atoms with Crippen molar-refractivity contribution < 1.29 is 9.90 Å². The summed E-state index contributed by atoms with van der Waals surface area (Å²) >= 11 is 0. The van der Waals surface area contributed by atoms with E-state index in [9.17, 15) is 4.79 Å². The molecule has 0 atom stereocenters. The van der Waals surface area contributed by atoms with E-state index in [4.69, 9.17) is 10.8 Å². The smallest absolute Gasteiger partial charge is 0.335 e. The van der Waals surface area contributed by atoms with E-state index in [1.165, 1.54) is 5.69 Å². The summed E-state index contributed by atoms with van der Waals surface area (Å²) in [6.07, 6.45) is 0. The van der Waals surface area contributed by atoms with Crippen LogP contribution in [0.3, 0.4) is 0 Å². The Morgan fingerprint density at radius 2 is 1.96 bits per heavy atom. The number of nitrogens with two attached hydrogens (primary N) is 1. The lowest BCUT2D eigenvalue weighted by Crippen LogP contribution is -2.43. The lowest BCUT2D eigenvalue weighted by atomic mass is 9.97. The van der Waals surface area contributed by atoms with E-state index in [1.54, 1.807) is 12.1 Å². The fraction of sp³-hybridized carbons (Fsp3) is 0.278. The Hall–Kier alpha value is -2.37. The number of nitrogens with zero attached hydrogens (tertiary/aromatic N) is 1. The summed E-state index contributed by atoms with van der Waals surface area (Å²) in [6, 6.07) is 13.5. The van der Waals surface area contributed by atoms with E-state index in [-0.39, 0.29) is 5.56 Å². The normalized spacial score (nSPS) is 14.7. The highest BCUT2D eigenvalue weighted by Crippen LogP contribution is 2.28. The van der Waals surface area contributed by atoms with E-state index in [2.05, 4.69) is 22.3 Å². The fourth-order valence-corrected chi connectivity index (χ4v) is 2.97. The quantitative estimate of drug-likeness (QED) is 0.804. The predicted octanol–water partition coefficient (Wildman–Crippen LogP) is 1.92. The molecule has 23 heavy (non-hydrogen) atoms. The van der Waals surface area contributed by atoms with Crippen molar-refractivity contribution in [3.63, 3.8) is 0 Å². The first kappa shape index (κ1) is 15.5. The van der Waals surface area contributed by atoms with E-state index < -0.39 is 5.97 Å². The third-order valence-corrected chi connectivity index (χ3v) is 4.21. The summed E-state index contributed by atoms with van der Waals surface area (Å²) in [5, 5.41) is 12.5. The van der Waals surface area contributed by atoms with Crippen molar-refractivity contribution in [2.45, 2.75) is 6.54 Å². The molecule has 1 fully saturated rings. The van der Waals surface area contributed by atoms with E-state index >= 15 is 0 Å². The largest absolute Gasteiger partial charge is 0.478 e. The molecule has 0 unspecified atom stereocenters. The second-order valence-corrected chi connectivity index (χ2v) is 5.67. The average molecular weight is 311 g/mol. The van der Waals surface area contributed by atoms with Gasteiger partial charge in [0.25, 0.3) is 0 Å². The van der Waals surface area contributed by atoms with Gasteiger partial charge in [-0.1, -0.05) is 18.2 Å². The van der Waals surface area contributed by atoms with Gasteiger partial charge in [-0.15, -0.1) is 0 Å². The number of piperazine rings is 1. The van der Waals surface area contributed by atoms with Gasteiger partial charge in [-0.2, -0.15) is 0 Å². The van der Waals surface area contributed by atoms with Gasteiger partial charge in [-0.05, 0) is 41.0 Å². The van der Waals surface area contributed by atoms with Crippen LogP contribution in [0.5, 0.6) is 0 Å². The third-order valence-electron chi connectivity index (χ3n) is 4.21. The van der Waals surface area contributed by atoms with Crippen molar-refractivity contribution in [2.24, 2.45) is 5.73 Å². The lowest BCUT2D eigenvalue weighted by molar-refractivity contribution is 0.0697. The Morgan fingerprint density at radius 3 is 2.65 bits per heavy atom. The molecule has 0 bridgehead atoms. The van der Waals surface area contributed by atoms with Crippen molar-refractivity contribution in [1.82, 2.24) is 5.32 Å². The number of carboxylic acids is 1. The van der Waals surface area contributed by atoms with Crippen LogP contribution in [0.1, 0.15) is 15.9 Å². The van der Waals surface area contributed by atoms with Gasteiger partial charge in [0.05, 0.1) is 5.56 Å². The molecule has 0 amide bonds. The maximum Gasteiger partial charge on any atom is 0.335 e. The standard InChI is InChI=1S/C18H21N3O2/c19-12-15-10-14(18(22)23)4-5-17(15)13-2-1-3-16(11-13)21-8-6-20-7-9-21/h1-5,10-11,20H,6-9,12,19H2,(H,22,23). The number of anilines is 1. The zero-order valence-corrected chi connectivity index (χ0v) is 13.0. The molecule has 2 aromatic carbocycles. The Balaban J connectivity index is 1.96. The van der Waals surface area contributed by atoms with E-state index in [1.807, 2.05) is 18.2 Å². The number of hydrogen-bond acceptors (Lipinski definition) is 4. The Labute approximate surface area is 135 Å². The predicted molar refractivity (Wildman–Crippen MR) is 91.8 cm³/mol. The summed E-state index contributed by atoms with van der Waals surface area (Å²) in [5.74, 6) is -0.930. The molecule has 1 saturated heterocycles. The van der Waals surface area contributed by atoms with Gasteiger partial charge in [0.2, 0.25) is 0 Å². The number of hydrogen-bond donors (Lipinski definition) is 3. The van der Waals surface area contributed by atoms with Crippen LogP contribution in [0.2, 0.25) is 0 Å². The van der Waals surface area contributed by atoms with Crippen LogP contribution in [0, 0.1) is 0 Å². The zero-order valence-electron chi connectivity index (χ0n) is 13.0. The molecule has 4 N–H and O–H groups in total. The highest BCUT2D eigenvalue weighted by Gasteiger charge is 2.13. The number of carboxylic acid groups (broad SMARTS) is 1. The summed E-state index contributed by atoms with van der Waals surface area (Å²) in [5.41, 5.74) is 10.2. The van der Waals surface area contributed by atoms with Crippen molar-refractivity contribution in [1.29, 1.82) is 0 Å². The van der Waals surface area contributed by atoms with Crippen LogP contribution in [0.4, 0.5) is 5.69 Å². The molecule has 5 heteroatoms. The molecule has 1 aliphatic rings. The second kappa shape index (κ2) is 6.81. The number of benzene rings is 2. The molecular formula is C18H21N3O2. The highest BCUT2D eigenvalue weighted by molar-refractivity contribution is 5.89. The minimum Gasteiger partial charge on any atom is -0.478 e. The van der Waals surface area contributed by atoms with Crippen LogP contribution in [-0.4, -0.2) is 37.3 Å². The first-order chi connectivity index (χ1) is 11.2. The van der Waals surface area contributed by atoms with Crippen LogP contribution in [0.15, 0.2) is 42.5 Å². The fourth-order valence-electron chi connectivity index (χ4n) is 2.97.